The third-order valence-electron chi connectivity index (χ3n) is 4.63. The Kier molecular flexibility index (Phi) is 6.51. The standard InChI is InChI=1S/C20H23ClN4O3/c1-12(14-6-9-18(27-2)19(10-14)28-3)22-25-20(26)17-11-16(23-24-17)13-4-7-15(21)8-5-13/h4-10,16-17,23-24H,11H2,1-3H3,(H,25,26)/b22-12-. The predicted molar refractivity (Wildman–Crippen MR) is 109 cm³/mol. The van der Waals surface area contributed by atoms with E-state index in [2.05, 4.69) is 21.4 Å². The van der Waals surface area contributed by atoms with Crippen molar-refractivity contribution in [3.63, 3.8) is 0 Å². The molecule has 1 saturated heterocycles. The number of nitrogens with one attached hydrogen (secondary N) is 3. The van der Waals surface area contributed by atoms with Crippen molar-refractivity contribution < 1.29 is 14.3 Å². The first-order chi connectivity index (χ1) is 13.5. The maximum Gasteiger partial charge on any atom is 0.258 e. The summed E-state index contributed by atoms with van der Waals surface area (Å²) in [7, 11) is 3.16. The highest BCUT2D eigenvalue weighted by molar-refractivity contribution is 6.30. The van der Waals surface area contributed by atoms with Gasteiger partial charge in [-0.05, 0) is 49.2 Å². The van der Waals surface area contributed by atoms with Gasteiger partial charge in [0.2, 0.25) is 0 Å². The average Bonchev–Trinajstić information content (AvgIpc) is 3.22. The van der Waals surface area contributed by atoms with Crippen LogP contribution < -0.4 is 25.8 Å². The van der Waals surface area contributed by atoms with Crippen LogP contribution in [0.1, 0.15) is 30.5 Å². The molecule has 2 unspecified atom stereocenters. The zero-order chi connectivity index (χ0) is 20.1. The minimum Gasteiger partial charge on any atom is -0.493 e. The fraction of sp³-hybridized carbons (Fsp3) is 0.300. The number of nitrogens with zero attached hydrogens (tertiary/aromatic N) is 1. The lowest BCUT2D eigenvalue weighted by Crippen LogP contribution is -2.41. The molecule has 0 aromatic heterocycles. The van der Waals surface area contributed by atoms with E-state index in [1.807, 2.05) is 43.3 Å². The molecule has 7 nitrogen and oxygen atoms in total. The Labute approximate surface area is 169 Å². The molecule has 3 N–H and O–H groups in total. The van der Waals surface area contributed by atoms with Crippen LogP contribution in [0.15, 0.2) is 47.6 Å². The zero-order valence-corrected chi connectivity index (χ0v) is 16.7. The number of methoxy groups -OCH3 is 2. The quantitative estimate of drug-likeness (QED) is 0.511. The average molecular weight is 403 g/mol. The molecule has 1 heterocycles. The van der Waals surface area contributed by atoms with E-state index in [0.29, 0.717) is 28.7 Å². The van der Waals surface area contributed by atoms with Crippen LogP contribution in [0.2, 0.25) is 5.02 Å². The van der Waals surface area contributed by atoms with Crippen LogP contribution in [0, 0.1) is 0 Å². The number of rotatable bonds is 6. The van der Waals surface area contributed by atoms with Gasteiger partial charge in [-0.15, -0.1) is 0 Å². The number of hydrogen-bond acceptors (Lipinski definition) is 6. The number of halogens is 1. The van der Waals surface area contributed by atoms with E-state index >= 15 is 0 Å². The molecule has 0 spiro atoms. The molecule has 148 valence electrons. The molecule has 0 saturated carbocycles. The number of ether oxygens (including phenoxy) is 2. The van der Waals surface area contributed by atoms with Gasteiger partial charge in [-0.3, -0.25) is 4.79 Å². The maximum absolute atomic E-state index is 12.4. The first-order valence-electron chi connectivity index (χ1n) is 8.85. The molecule has 2 atom stereocenters. The molecular formula is C20H23ClN4O3. The van der Waals surface area contributed by atoms with Crippen LogP contribution in [-0.2, 0) is 4.79 Å². The van der Waals surface area contributed by atoms with Crippen LogP contribution in [0.4, 0.5) is 0 Å². The summed E-state index contributed by atoms with van der Waals surface area (Å²) in [6, 6.07) is 12.7. The van der Waals surface area contributed by atoms with Gasteiger partial charge in [0.25, 0.3) is 5.91 Å². The van der Waals surface area contributed by atoms with Gasteiger partial charge in [0.15, 0.2) is 11.5 Å². The van der Waals surface area contributed by atoms with Crippen LogP contribution in [0.3, 0.4) is 0 Å². The molecule has 1 aliphatic rings. The Morgan fingerprint density at radius 3 is 2.50 bits per heavy atom. The van der Waals surface area contributed by atoms with E-state index in [0.717, 1.165) is 11.1 Å². The van der Waals surface area contributed by atoms with Crippen molar-refractivity contribution >= 4 is 23.2 Å². The summed E-state index contributed by atoms with van der Waals surface area (Å²) in [5.74, 6) is 1.04. The molecular weight excluding hydrogens is 380 g/mol. The van der Waals surface area contributed by atoms with Crippen molar-refractivity contribution in [3.8, 4) is 11.5 Å². The molecule has 0 radical (unpaired) electrons. The second-order valence-corrected chi connectivity index (χ2v) is 6.86. The predicted octanol–water partition coefficient (Wildman–Crippen LogP) is 2.81. The van der Waals surface area contributed by atoms with Crippen molar-refractivity contribution in [3.05, 3.63) is 58.6 Å². The highest BCUT2D eigenvalue weighted by atomic mass is 35.5. The van der Waals surface area contributed by atoms with Crippen LogP contribution >= 0.6 is 11.6 Å². The number of hydrazine groups is 1. The third kappa shape index (κ3) is 4.62. The Morgan fingerprint density at radius 1 is 1.11 bits per heavy atom. The zero-order valence-electron chi connectivity index (χ0n) is 16.0. The summed E-state index contributed by atoms with van der Waals surface area (Å²) >= 11 is 5.93. The van der Waals surface area contributed by atoms with E-state index < -0.39 is 0 Å². The van der Waals surface area contributed by atoms with E-state index in [4.69, 9.17) is 21.1 Å². The molecule has 1 amide bonds. The lowest BCUT2D eigenvalue weighted by molar-refractivity contribution is -0.122. The molecule has 0 aliphatic carbocycles. The largest absolute Gasteiger partial charge is 0.493 e. The number of hydrazone groups is 1. The summed E-state index contributed by atoms with van der Waals surface area (Å²) in [6.07, 6.45) is 0.610. The van der Waals surface area contributed by atoms with Gasteiger partial charge in [0.05, 0.1) is 19.9 Å². The van der Waals surface area contributed by atoms with E-state index in [-0.39, 0.29) is 18.0 Å². The van der Waals surface area contributed by atoms with Crippen molar-refractivity contribution in [2.24, 2.45) is 5.10 Å². The molecule has 3 rings (SSSR count). The summed E-state index contributed by atoms with van der Waals surface area (Å²) < 4.78 is 10.5. The van der Waals surface area contributed by atoms with Crippen LogP contribution in [0.5, 0.6) is 11.5 Å². The molecule has 2 aromatic carbocycles. The van der Waals surface area contributed by atoms with E-state index in [9.17, 15) is 4.79 Å². The smallest absolute Gasteiger partial charge is 0.258 e. The monoisotopic (exact) mass is 402 g/mol. The second kappa shape index (κ2) is 9.05. The molecule has 1 aliphatic heterocycles. The summed E-state index contributed by atoms with van der Waals surface area (Å²) in [5.41, 5.74) is 11.3. The Balaban J connectivity index is 1.61. The topological polar surface area (TPSA) is 84.0 Å². The molecule has 2 aromatic rings. The third-order valence-corrected chi connectivity index (χ3v) is 4.88. The SMILES string of the molecule is COc1ccc(/C(C)=N\NC(=O)C2CC(c3ccc(Cl)cc3)NN2)cc1OC. The van der Waals surface area contributed by atoms with Gasteiger partial charge in [0.1, 0.15) is 6.04 Å². The summed E-state index contributed by atoms with van der Waals surface area (Å²) in [4.78, 5) is 12.4. The first kappa shape index (κ1) is 20.1. The van der Waals surface area contributed by atoms with Gasteiger partial charge < -0.3 is 9.47 Å². The van der Waals surface area contributed by atoms with Gasteiger partial charge in [-0.2, -0.15) is 5.10 Å². The molecule has 8 heteroatoms. The van der Waals surface area contributed by atoms with Crippen molar-refractivity contribution in [2.75, 3.05) is 14.2 Å². The Bertz CT molecular complexity index is 870. The van der Waals surface area contributed by atoms with E-state index in [1.54, 1.807) is 20.3 Å². The number of benzene rings is 2. The van der Waals surface area contributed by atoms with E-state index in [1.165, 1.54) is 0 Å². The normalized spacial score (nSPS) is 19.4. The van der Waals surface area contributed by atoms with Gasteiger partial charge in [0, 0.05) is 16.6 Å². The number of hydrogen-bond donors (Lipinski definition) is 3. The molecule has 1 fully saturated rings. The number of carbonyl (C=O) groups is 1. The number of carbonyl (C=O) groups excluding carboxylic acids is 1. The maximum atomic E-state index is 12.4. The van der Waals surface area contributed by atoms with Crippen LogP contribution in [0.25, 0.3) is 0 Å². The molecule has 28 heavy (non-hydrogen) atoms. The highest BCUT2D eigenvalue weighted by Crippen LogP contribution is 2.28. The van der Waals surface area contributed by atoms with Crippen LogP contribution in [-0.4, -0.2) is 31.9 Å². The fourth-order valence-corrected chi connectivity index (χ4v) is 3.11. The Morgan fingerprint density at radius 2 is 1.82 bits per heavy atom. The minimum absolute atomic E-state index is 0.0314. The minimum atomic E-state index is -0.386. The Hall–Kier alpha value is -2.61. The molecule has 0 bridgehead atoms. The fourth-order valence-electron chi connectivity index (χ4n) is 2.98. The lowest BCUT2D eigenvalue weighted by Gasteiger charge is -2.11. The van der Waals surface area contributed by atoms with Crippen molar-refractivity contribution in [1.29, 1.82) is 0 Å². The summed E-state index contributed by atoms with van der Waals surface area (Å²) in [6.45, 7) is 1.82. The van der Waals surface area contributed by atoms with Gasteiger partial charge in [-0.1, -0.05) is 23.7 Å². The highest BCUT2D eigenvalue weighted by Gasteiger charge is 2.30. The summed E-state index contributed by atoms with van der Waals surface area (Å²) in [5, 5.41) is 4.90. The number of amides is 1. The van der Waals surface area contributed by atoms with Crippen molar-refractivity contribution in [2.45, 2.75) is 25.4 Å². The first-order valence-corrected chi connectivity index (χ1v) is 9.22. The lowest BCUT2D eigenvalue weighted by atomic mass is 10.0. The van der Waals surface area contributed by atoms with Gasteiger partial charge >= 0.3 is 0 Å². The van der Waals surface area contributed by atoms with Gasteiger partial charge in [-0.25, -0.2) is 16.3 Å². The second-order valence-electron chi connectivity index (χ2n) is 6.42. The van der Waals surface area contributed by atoms with Crippen molar-refractivity contribution in [1.82, 2.24) is 16.3 Å².